The number of nitrogens with one attached hydrogen (secondary N) is 1. The second-order valence-corrected chi connectivity index (χ2v) is 5.91. The number of anilines is 1. The van der Waals surface area contributed by atoms with Gasteiger partial charge in [0.2, 0.25) is 0 Å². The van der Waals surface area contributed by atoms with E-state index in [1.807, 2.05) is 6.07 Å². The van der Waals surface area contributed by atoms with Gasteiger partial charge in [0.15, 0.2) is 0 Å². The van der Waals surface area contributed by atoms with Gasteiger partial charge in [-0.3, -0.25) is 0 Å². The van der Waals surface area contributed by atoms with Crippen LogP contribution >= 0.6 is 11.6 Å². The zero-order valence-electron chi connectivity index (χ0n) is 11.3. The average molecular weight is 293 g/mol. The van der Waals surface area contributed by atoms with Crippen LogP contribution in [0.15, 0.2) is 18.2 Å². The average Bonchev–Trinajstić information content (AvgIpc) is 2.43. The normalized spacial score (nSPS) is 25.8. The molecule has 0 unspecified atom stereocenters. The molecule has 1 aliphatic carbocycles. The standard InChI is InChI=1S/C15H17ClN2O2/c1-10-4-6-15(7-5-10,14(19)20)18-13-3-2-11(9-17)8-12(13)16/h2-3,8,10,18H,4-7H2,1H3,(H,19,20). The molecule has 1 fully saturated rings. The highest BCUT2D eigenvalue weighted by molar-refractivity contribution is 6.33. The van der Waals surface area contributed by atoms with Gasteiger partial charge >= 0.3 is 5.97 Å². The fraction of sp³-hybridized carbons (Fsp3) is 0.467. The lowest BCUT2D eigenvalue weighted by molar-refractivity contribution is -0.143. The molecule has 4 nitrogen and oxygen atoms in total. The minimum Gasteiger partial charge on any atom is -0.480 e. The highest BCUT2D eigenvalue weighted by Gasteiger charge is 2.41. The number of halogens is 1. The maximum atomic E-state index is 11.7. The second-order valence-electron chi connectivity index (χ2n) is 5.50. The van der Waals surface area contributed by atoms with E-state index in [9.17, 15) is 9.90 Å². The summed E-state index contributed by atoms with van der Waals surface area (Å²) < 4.78 is 0. The first kappa shape index (κ1) is 14.7. The summed E-state index contributed by atoms with van der Waals surface area (Å²) in [5.41, 5.74) is 0.0782. The van der Waals surface area contributed by atoms with E-state index in [-0.39, 0.29) is 0 Å². The minimum absolute atomic E-state index is 0.378. The Morgan fingerprint density at radius 3 is 2.65 bits per heavy atom. The smallest absolute Gasteiger partial charge is 0.329 e. The SMILES string of the molecule is CC1CCC(Nc2ccc(C#N)cc2Cl)(C(=O)O)CC1. The molecule has 0 bridgehead atoms. The Labute approximate surface area is 123 Å². The Hall–Kier alpha value is -1.73. The lowest BCUT2D eigenvalue weighted by atomic mass is 9.77. The highest BCUT2D eigenvalue weighted by atomic mass is 35.5. The summed E-state index contributed by atoms with van der Waals surface area (Å²) >= 11 is 6.12. The van der Waals surface area contributed by atoms with E-state index in [2.05, 4.69) is 12.2 Å². The van der Waals surface area contributed by atoms with Crippen molar-refractivity contribution in [2.75, 3.05) is 5.32 Å². The Balaban J connectivity index is 2.25. The second kappa shape index (κ2) is 5.72. The fourth-order valence-corrected chi connectivity index (χ4v) is 2.82. The largest absolute Gasteiger partial charge is 0.480 e. The zero-order valence-corrected chi connectivity index (χ0v) is 12.1. The molecule has 1 aromatic rings. The molecule has 0 aliphatic heterocycles. The van der Waals surface area contributed by atoms with Crippen molar-refractivity contribution in [1.29, 1.82) is 5.26 Å². The van der Waals surface area contributed by atoms with Gasteiger partial charge in [0.05, 0.1) is 22.3 Å². The monoisotopic (exact) mass is 292 g/mol. The molecule has 20 heavy (non-hydrogen) atoms. The third-order valence-electron chi connectivity index (χ3n) is 4.01. The number of rotatable bonds is 3. The maximum Gasteiger partial charge on any atom is 0.329 e. The molecule has 0 saturated heterocycles. The summed E-state index contributed by atoms with van der Waals surface area (Å²) in [5.74, 6) is -0.287. The first-order valence-electron chi connectivity index (χ1n) is 6.68. The number of carbonyl (C=O) groups is 1. The third kappa shape index (κ3) is 2.88. The first-order valence-corrected chi connectivity index (χ1v) is 7.06. The summed E-state index contributed by atoms with van der Waals surface area (Å²) in [7, 11) is 0. The van der Waals surface area contributed by atoms with Crippen LogP contribution in [0.3, 0.4) is 0 Å². The highest BCUT2D eigenvalue weighted by Crippen LogP contribution is 2.36. The summed E-state index contributed by atoms with van der Waals surface area (Å²) in [4.78, 5) is 11.7. The molecule has 5 heteroatoms. The molecule has 1 saturated carbocycles. The molecular formula is C15H17ClN2O2. The third-order valence-corrected chi connectivity index (χ3v) is 4.32. The van der Waals surface area contributed by atoms with Gasteiger partial charge < -0.3 is 10.4 Å². The Kier molecular flexibility index (Phi) is 4.20. The van der Waals surface area contributed by atoms with Crippen LogP contribution in [0, 0.1) is 17.2 Å². The number of hydrogen-bond donors (Lipinski definition) is 2. The van der Waals surface area contributed by atoms with Gasteiger partial charge in [-0.25, -0.2) is 4.79 Å². The van der Waals surface area contributed by atoms with Crippen molar-refractivity contribution < 1.29 is 9.90 Å². The number of aliphatic carboxylic acids is 1. The van der Waals surface area contributed by atoms with Crippen molar-refractivity contribution >= 4 is 23.3 Å². The number of carboxylic acid groups (broad SMARTS) is 1. The van der Waals surface area contributed by atoms with Crippen molar-refractivity contribution in [2.45, 2.75) is 38.1 Å². The molecule has 106 valence electrons. The topological polar surface area (TPSA) is 73.1 Å². The first-order chi connectivity index (χ1) is 9.47. The predicted octanol–water partition coefficient (Wildman–Crippen LogP) is 3.66. The molecule has 0 aromatic heterocycles. The van der Waals surface area contributed by atoms with E-state index in [0.29, 0.717) is 35.0 Å². The molecule has 1 aromatic carbocycles. The van der Waals surface area contributed by atoms with E-state index in [4.69, 9.17) is 16.9 Å². The van der Waals surface area contributed by atoms with Crippen LogP contribution in [0.5, 0.6) is 0 Å². The van der Waals surface area contributed by atoms with Gasteiger partial charge in [-0.2, -0.15) is 5.26 Å². The number of hydrogen-bond acceptors (Lipinski definition) is 3. The van der Waals surface area contributed by atoms with Crippen molar-refractivity contribution in [3.63, 3.8) is 0 Å². The van der Waals surface area contributed by atoms with Crippen LogP contribution < -0.4 is 5.32 Å². The summed E-state index contributed by atoms with van der Waals surface area (Å²) in [5, 5.41) is 21.9. The molecular weight excluding hydrogens is 276 g/mol. The zero-order chi connectivity index (χ0) is 14.8. The molecule has 0 heterocycles. The molecule has 2 rings (SSSR count). The van der Waals surface area contributed by atoms with E-state index < -0.39 is 11.5 Å². The quantitative estimate of drug-likeness (QED) is 0.892. The Morgan fingerprint density at radius 2 is 2.15 bits per heavy atom. The van der Waals surface area contributed by atoms with Gasteiger partial charge in [-0.05, 0) is 49.8 Å². The van der Waals surface area contributed by atoms with Crippen LogP contribution in [0.1, 0.15) is 38.2 Å². The summed E-state index contributed by atoms with van der Waals surface area (Å²) in [6, 6.07) is 6.86. The minimum atomic E-state index is -0.954. The molecule has 0 radical (unpaired) electrons. The number of nitrogens with zero attached hydrogens (tertiary/aromatic N) is 1. The van der Waals surface area contributed by atoms with E-state index in [0.717, 1.165) is 12.8 Å². The number of benzene rings is 1. The molecule has 0 spiro atoms. The van der Waals surface area contributed by atoms with E-state index in [1.165, 1.54) is 0 Å². The van der Waals surface area contributed by atoms with Gasteiger partial charge in [0.1, 0.15) is 5.54 Å². The fourth-order valence-electron chi connectivity index (χ4n) is 2.59. The van der Waals surface area contributed by atoms with Crippen molar-refractivity contribution in [1.82, 2.24) is 0 Å². The van der Waals surface area contributed by atoms with Gasteiger partial charge in [-0.15, -0.1) is 0 Å². The van der Waals surface area contributed by atoms with Gasteiger partial charge in [0, 0.05) is 0 Å². The van der Waals surface area contributed by atoms with Crippen LogP contribution in [0.25, 0.3) is 0 Å². The molecule has 1 aliphatic rings. The van der Waals surface area contributed by atoms with E-state index >= 15 is 0 Å². The van der Waals surface area contributed by atoms with Gasteiger partial charge in [-0.1, -0.05) is 18.5 Å². The summed E-state index contributed by atoms with van der Waals surface area (Å²) in [6.45, 7) is 2.14. The molecule has 0 atom stereocenters. The Bertz CT molecular complexity index is 557. The summed E-state index contributed by atoms with van der Waals surface area (Å²) in [6.07, 6.45) is 2.93. The van der Waals surface area contributed by atoms with E-state index in [1.54, 1.807) is 18.2 Å². The van der Waals surface area contributed by atoms with Crippen LogP contribution in [0.4, 0.5) is 5.69 Å². The number of nitriles is 1. The predicted molar refractivity (Wildman–Crippen MR) is 77.8 cm³/mol. The molecule has 0 amide bonds. The number of carboxylic acids is 1. The van der Waals surface area contributed by atoms with Crippen LogP contribution in [0.2, 0.25) is 5.02 Å². The van der Waals surface area contributed by atoms with Crippen LogP contribution in [-0.4, -0.2) is 16.6 Å². The Morgan fingerprint density at radius 1 is 1.50 bits per heavy atom. The van der Waals surface area contributed by atoms with Crippen LogP contribution in [-0.2, 0) is 4.79 Å². The van der Waals surface area contributed by atoms with Gasteiger partial charge in [0.25, 0.3) is 0 Å². The lowest BCUT2D eigenvalue weighted by Crippen LogP contribution is -2.49. The maximum absolute atomic E-state index is 11.7. The van der Waals surface area contributed by atoms with Crippen molar-refractivity contribution in [2.24, 2.45) is 5.92 Å². The molecule has 2 N–H and O–H groups in total. The van der Waals surface area contributed by atoms with Crippen molar-refractivity contribution in [3.05, 3.63) is 28.8 Å². The van der Waals surface area contributed by atoms with Crippen molar-refractivity contribution in [3.8, 4) is 6.07 Å². The lowest BCUT2D eigenvalue weighted by Gasteiger charge is -2.37.